The van der Waals surface area contributed by atoms with Crippen molar-refractivity contribution in [2.45, 2.75) is 105 Å². The van der Waals surface area contributed by atoms with Crippen LogP contribution in [0.5, 0.6) is 5.75 Å². The number of carbonyl (C=O) groups excluding carboxylic acids is 1. The molecule has 1 aromatic heterocycles. The van der Waals surface area contributed by atoms with Gasteiger partial charge in [0.1, 0.15) is 18.5 Å². The number of rotatable bonds is 16. The molecule has 204 valence electrons. The first kappa shape index (κ1) is 30.2. The molecule has 1 amide bonds. The molecule has 1 atom stereocenters. The van der Waals surface area contributed by atoms with Crippen LogP contribution < -0.4 is 10.1 Å². The molecule has 1 aromatic carbocycles. The maximum atomic E-state index is 12.6. The van der Waals surface area contributed by atoms with Gasteiger partial charge in [-0.25, -0.2) is 4.79 Å². The zero-order valence-electron chi connectivity index (χ0n) is 23.8. The number of alkyl carbamates (subject to hydrolysis) is 1. The minimum Gasteiger partial charge on any atom is -0.489 e. The molecule has 0 bridgehead atoms. The number of aryl methyl sites for hydroxylation is 1. The van der Waals surface area contributed by atoms with Crippen molar-refractivity contribution in [3.8, 4) is 5.75 Å². The molecule has 37 heavy (non-hydrogen) atoms. The first-order valence-electron chi connectivity index (χ1n) is 14.0. The maximum absolute atomic E-state index is 12.6. The molecule has 0 aliphatic rings. The number of aliphatic imine (C=N–C) groups is 1. The topological polar surface area (TPSA) is 75.7 Å². The molecular weight excluding hydrogens is 462 g/mol. The van der Waals surface area contributed by atoms with E-state index in [0.717, 1.165) is 85.8 Å². The number of hydrogen-bond acceptors (Lipinski definition) is 4. The Kier molecular flexibility index (Phi) is 13.6. The molecule has 0 saturated carbocycles. The smallest absolute Gasteiger partial charge is 0.411 e. The molecule has 1 heterocycles. The highest BCUT2D eigenvalue weighted by molar-refractivity contribution is 5.91. The van der Waals surface area contributed by atoms with Gasteiger partial charge in [-0.2, -0.15) is 0 Å². The number of allylic oxidation sites excluding steroid dienone is 2. The molecule has 1 unspecified atom stereocenters. The number of aromatic nitrogens is 1. The lowest BCUT2D eigenvalue weighted by Crippen LogP contribution is -2.31. The second-order valence-electron chi connectivity index (χ2n) is 9.61. The number of benzene rings is 1. The number of hydrogen-bond donors (Lipinski definition) is 2. The molecule has 2 aromatic rings. The standard InChI is InChI=1S/C31H47N3O3/c1-7-11-18-28(26(16-10-4)34-24(6)23(5)14-8-2)37-31(35)32-20-13-21-36-29-19-12-17-27-30(29)25(15-9-3)22-33-27/h12-13,17,19-20,22,28,33H,7-11,14-16,18,21H2,1-6H3,(H,32,35)/b20-13+,24-23+,34-26?. The van der Waals surface area contributed by atoms with Crippen molar-refractivity contribution in [2.75, 3.05) is 6.61 Å². The van der Waals surface area contributed by atoms with E-state index in [9.17, 15) is 4.79 Å². The van der Waals surface area contributed by atoms with E-state index in [-0.39, 0.29) is 6.10 Å². The number of amides is 1. The third-order valence-corrected chi connectivity index (χ3v) is 6.42. The summed E-state index contributed by atoms with van der Waals surface area (Å²) in [6, 6.07) is 6.02. The summed E-state index contributed by atoms with van der Waals surface area (Å²) < 4.78 is 11.9. The second-order valence-corrected chi connectivity index (χ2v) is 9.61. The van der Waals surface area contributed by atoms with Crippen LogP contribution in [0.3, 0.4) is 0 Å². The van der Waals surface area contributed by atoms with Crippen molar-refractivity contribution >= 4 is 22.7 Å². The van der Waals surface area contributed by atoms with Gasteiger partial charge in [0.25, 0.3) is 0 Å². The summed E-state index contributed by atoms with van der Waals surface area (Å²) in [5.41, 5.74) is 5.61. The van der Waals surface area contributed by atoms with Gasteiger partial charge in [0.15, 0.2) is 0 Å². The van der Waals surface area contributed by atoms with Crippen LogP contribution >= 0.6 is 0 Å². The van der Waals surface area contributed by atoms with E-state index in [1.165, 1.54) is 11.1 Å². The fourth-order valence-electron chi connectivity index (χ4n) is 4.38. The SMILES string of the molecule is CCCCC(OC(=O)N/C=C/COc1cccc2[nH]cc(CCC)c12)C(CCC)=N/C(C)=C(\C)CCC. The average molecular weight is 510 g/mol. The van der Waals surface area contributed by atoms with E-state index < -0.39 is 6.09 Å². The van der Waals surface area contributed by atoms with Crippen molar-refractivity contribution in [2.24, 2.45) is 4.99 Å². The third kappa shape index (κ3) is 9.75. The van der Waals surface area contributed by atoms with E-state index in [1.54, 1.807) is 12.3 Å². The van der Waals surface area contributed by atoms with Gasteiger partial charge in [-0.15, -0.1) is 0 Å². The molecule has 0 aliphatic carbocycles. The maximum Gasteiger partial charge on any atom is 0.411 e. The van der Waals surface area contributed by atoms with Crippen molar-refractivity contribution < 1.29 is 14.3 Å². The second kappa shape index (κ2) is 16.7. The molecule has 0 saturated heterocycles. The van der Waals surface area contributed by atoms with Gasteiger partial charge >= 0.3 is 6.09 Å². The highest BCUT2D eigenvalue weighted by atomic mass is 16.6. The molecule has 0 radical (unpaired) electrons. The zero-order chi connectivity index (χ0) is 27.0. The Labute approximate surface area is 223 Å². The number of ether oxygens (including phenoxy) is 2. The first-order chi connectivity index (χ1) is 17.9. The van der Waals surface area contributed by atoms with Crippen molar-refractivity contribution in [1.29, 1.82) is 0 Å². The molecule has 0 fully saturated rings. The Balaban J connectivity index is 2.01. The third-order valence-electron chi connectivity index (χ3n) is 6.42. The van der Waals surface area contributed by atoms with Crippen LogP contribution in [-0.4, -0.2) is 29.5 Å². The molecule has 2 rings (SSSR count). The summed E-state index contributed by atoms with van der Waals surface area (Å²) in [4.78, 5) is 20.9. The van der Waals surface area contributed by atoms with Crippen LogP contribution in [0.4, 0.5) is 4.79 Å². The highest BCUT2D eigenvalue weighted by Crippen LogP contribution is 2.29. The number of carbonyl (C=O) groups is 1. The lowest BCUT2D eigenvalue weighted by Gasteiger charge is -2.20. The fourth-order valence-corrected chi connectivity index (χ4v) is 4.38. The quantitative estimate of drug-likeness (QED) is 0.222. The van der Waals surface area contributed by atoms with Gasteiger partial charge < -0.3 is 14.5 Å². The monoisotopic (exact) mass is 509 g/mol. The number of nitrogens with zero attached hydrogens (tertiary/aromatic N) is 1. The molecular formula is C31H47N3O3. The number of nitrogens with one attached hydrogen (secondary N) is 2. The van der Waals surface area contributed by atoms with Gasteiger partial charge in [-0.05, 0) is 69.7 Å². The van der Waals surface area contributed by atoms with Gasteiger partial charge in [-0.1, -0.05) is 65.0 Å². The predicted molar refractivity (Wildman–Crippen MR) is 155 cm³/mol. The Morgan fingerprint density at radius 1 is 1.08 bits per heavy atom. The summed E-state index contributed by atoms with van der Waals surface area (Å²) in [5, 5.41) is 3.87. The normalized spacial score (nSPS) is 13.6. The van der Waals surface area contributed by atoms with Gasteiger partial charge in [0.05, 0.1) is 5.71 Å². The molecule has 0 aliphatic heterocycles. The molecule has 2 N–H and O–H groups in total. The molecule has 6 nitrogen and oxygen atoms in total. The van der Waals surface area contributed by atoms with E-state index >= 15 is 0 Å². The Hall–Kier alpha value is -3.02. The van der Waals surface area contributed by atoms with Crippen molar-refractivity contribution in [3.63, 3.8) is 0 Å². The van der Waals surface area contributed by atoms with Crippen LogP contribution in [0.25, 0.3) is 10.9 Å². The van der Waals surface area contributed by atoms with E-state index in [4.69, 9.17) is 14.5 Å². The van der Waals surface area contributed by atoms with Crippen LogP contribution in [-0.2, 0) is 11.2 Å². The van der Waals surface area contributed by atoms with Gasteiger partial charge in [0, 0.05) is 29.0 Å². The first-order valence-corrected chi connectivity index (χ1v) is 14.0. The summed E-state index contributed by atoms with van der Waals surface area (Å²) in [6.07, 6.45) is 13.4. The Bertz CT molecular complexity index is 1060. The minimum atomic E-state index is -0.467. The Morgan fingerprint density at radius 3 is 2.57 bits per heavy atom. The highest BCUT2D eigenvalue weighted by Gasteiger charge is 2.20. The van der Waals surface area contributed by atoms with Crippen LogP contribution in [0.2, 0.25) is 0 Å². The van der Waals surface area contributed by atoms with Crippen LogP contribution in [0, 0.1) is 0 Å². The largest absolute Gasteiger partial charge is 0.489 e. The molecule has 6 heteroatoms. The van der Waals surface area contributed by atoms with E-state index in [2.05, 4.69) is 64.1 Å². The lowest BCUT2D eigenvalue weighted by atomic mass is 10.0. The zero-order valence-corrected chi connectivity index (χ0v) is 23.8. The van der Waals surface area contributed by atoms with E-state index in [0.29, 0.717) is 6.61 Å². The average Bonchev–Trinajstić information content (AvgIpc) is 3.30. The van der Waals surface area contributed by atoms with Crippen LogP contribution in [0.15, 0.2) is 52.9 Å². The summed E-state index contributed by atoms with van der Waals surface area (Å²) in [7, 11) is 0. The minimum absolute atomic E-state index is 0.322. The summed E-state index contributed by atoms with van der Waals surface area (Å²) in [5.74, 6) is 0.844. The van der Waals surface area contributed by atoms with Crippen LogP contribution in [0.1, 0.15) is 98.5 Å². The van der Waals surface area contributed by atoms with E-state index in [1.807, 2.05) is 12.1 Å². The number of unbranched alkanes of at least 4 members (excludes halogenated alkanes) is 1. The van der Waals surface area contributed by atoms with Crippen molar-refractivity contribution in [3.05, 3.63) is 53.5 Å². The number of fused-ring (bicyclic) bond motifs is 1. The predicted octanol–water partition coefficient (Wildman–Crippen LogP) is 8.63. The lowest BCUT2D eigenvalue weighted by molar-refractivity contribution is 0.125. The fraction of sp³-hybridized carbons (Fsp3) is 0.548. The number of aromatic amines is 1. The van der Waals surface area contributed by atoms with Gasteiger partial charge in [-0.3, -0.25) is 10.3 Å². The molecule has 0 spiro atoms. The van der Waals surface area contributed by atoms with Gasteiger partial charge in [0.2, 0.25) is 0 Å². The summed E-state index contributed by atoms with van der Waals surface area (Å²) in [6.45, 7) is 13.2. The van der Waals surface area contributed by atoms with Crippen molar-refractivity contribution in [1.82, 2.24) is 10.3 Å². The Morgan fingerprint density at radius 2 is 1.86 bits per heavy atom. The number of H-pyrrole nitrogens is 1. The summed E-state index contributed by atoms with van der Waals surface area (Å²) >= 11 is 0.